The van der Waals surface area contributed by atoms with Crippen LogP contribution >= 0.6 is 0 Å². The standard InChI is InChI=1S/C14H17FN2O2/c1-9-4-5-11(15)6-10(9)8-17-12(18)7-16-13(19)14(17,2)3/h4-6H,7-8H2,1-3H3,(H,16,19). The number of piperazine rings is 1. The molecule has 1 N–H and O–H groups in total. The predicted octanol–water partition coefficient (Wildman–Crippen LogP) is 1.37. The summed E-state index contributed by atoms with van der Waals surface area (Å²) in [7, 11) is 0. The monoisotopic (exact) mass is 264 g/mol. The molecule has 19 heavy (non-hydrogen) atoms. The van der Waals surface area contributed by atoms with Gasteiger partial charge in [-0.05, 0) is 44.0 Å². The van der Waals surface area contributed by atoms with Crippen LogP contribution in [0.4, 0.5) is 4.39 Å². The molecule has 1 saturated heterocycles. The number of amides is 2. The van der Waals surface area contributed by atoms with Gasteiger partial charge in [0.15, 0.2) is 0 Å². The summed E-state index contributed by atoms with van der Waals surface area (Å²) >= 11 is 0. The Hall–Kier alpha value is -1.91. The Morgan fingerprint density at radius 3 is 2.74 bits per heavy atom. The third kappa shape index (κ3) is 2.45. The second-order valence-corrected chi connectivity index (χ2v) is 5.29. The summed E-state index contributed by atoms with van der Waals surface area (Å²) in [6, 6.07) is 4.46. The van der Waals surface area contributed by atoms with Crippen LogP contribution in [0.3, 0.4) is 0 Å². The number of benzene rings is 1. The van der Waals surface area contributed by atoms with Gasteiger partial charge in [-0.3, -0.25) is 9.59 Å². The third-order valence-electron chi connectivity index (χ3n) is 3.57. The lowest BCUT2D eigenvalue weighted by molar-refractivity contribution is -0.152. The molecule has 0 aliphatic carbocycles. The van der Waals surface area contributed by atoms with Gasteiger partial charge in [0, 0.05) is 6.54 Å². The summed E-state index contributed by atoms with van der Waals surface area (Å²) in [5, 5.41) is 2.56. The number of halogens is 1. The molecule has 0 atom stereocenters. The summed E-state index contributed by atoms with van der Waals surface area (Å²) in [4.78, 5) is 25.3. The molecule has 1 aliphatic heterocycles. The van der Waals surface area contributed by atoms with Gasteiger partial charge >= 0.3 is 0 Å². The lowest BCUT2D eigenvalue weighted by Gasteiger charge is -2.41. The topological polar surface area (TPSA) is 49.4 Å². The maximum Gasteiger partial charge on any atom is 0.245 e. The Kier molecular flexibility index (Phi) is 3.30. The van der Waals surface area contributed by atoms with Crippen LogP contribution in [0.15, 0.2) is 18.2 Å². The van der Waals surface area contributed by atoms with Gasteiger partial charge in [0.05, 0.1) is 6.54 Å². The Balaban J connectivity index is 2.32. The SMILES string of the molecule is Cc1ccc(F)cc1CN1C(=O)CNC(=O)C1(C)C. The number of nitrogens with zero attached hydrogens (tertiary/aromatic N) is 1. The highest BCUT2D eigenvalue weighted by molar-refractivity contribution is 5.97. The fourth-order valence-electron chi connectivity index (χ4n) is 2.17. The number of aryl methyl sites for hydroxylation is 1. The minimum atomic E-state index is -0.923. The van der Waals surface area contributed by atoms with Crippen molar-refractivity contribution >= 4 is 11.8 Å². The van der Waals surface area contributed by atoms with E-state index in [9.17, 15) is 14.0 Å². The molecule has 0 spiro atoms. The van der Waals surface area contributed by atoms with Crippen molar-refractivity contribution in [2.24, 2.45) is 0 Å². The summed E-state index contributed by atoms with van der Waals surface area (Å²) < 4.78 is 13.3. The van der Waals surface area contributed by atoms with E-state index in [-0.39, 0.29) is 30.7 Å². The van der Waals surface area contributed by atoms with Gasteiger partial charge in [-0.2, -0.15) is 0 Å². The minimum Gasteiger partial charge on any atom is -0.345 e. The maximum absolute atomic E-state index is 13.3. The molecule has 1 fully saturated rings. The molecule has 2 amide bonds. The highest BCUT2D eigenvalue weighted by atomic mass is 19.1. The summed E-state index contributed by atoms with van der Waals surface area (Å²) in [6.45, 7) is 5.47. The van der Waals surface area contributed by atoms with Crippen molar-refractivity contribution in [2.75, 3.05) is 6.54 Å². The van der Waals surface area contributed by atoms with Crippen LogP contribution in [0.1, 0.15) is 25.0 Å². The first kappa shape index (κ1) is 13.5. The smallest absolute Gasteiger partial charge is 0.245 e. The van der Waals surface area contributed by atoms with E-state index in [1.807, 2.05) is 6.92 Å². The Labute approximate surface area is 111 Å². The number of hydrogen-bond acceptors (Lipinski definition) is 2. The molecule has 1 aliphatic rings. The predicted molar refractivity (Wildman–Crippen MR) is 68.8 cm³/mol. The number of hydrogen-bond donors (Lipinski definition) is 1. The Morgan fingerprint density at radius 1 is 1.37 bits per heavy atom. The van der Waals surface area contributed by atoms with Crippen LogP contribution in [0.5, 0.6) is 0 Å². The second-order valence-electron chi connectivity index (χ2n) is 5.29. The lowest BCUT2D eigenvalue weighted by atomic mass is 9.96. The number of rotatable bonds is 2. The average Bonchev–Trinajstić information content (AvgIpc) is 2.34. The fourth-order valence-corrected chi connectivity index (χ4v) is 2.17. The van der Waals surface area contributed by atoms with Crippen molar-refractivity contribution in [3.63, 3.8) is 0 Å². The Morgan fingerprint density at radius 2 is 2.05 bits per heavy atom. The van der Waals surface area contributed by atoms with Gasteiger partial charge in [0.2, 0.25) is 11.8 Å². The van der Waals surface area contributed by atoms with Crippen molar-refractivity contribution in [3.05, 3.63) is 35.1 Å². The van der Waals surface area contributed by atoms with Crippen molar-refractivity contribution in [1.82, 2.24) is 10.2 Å². The Bertz CT molecular complexity index is 540. The van der Waals surface area contributed by atoms with E-state index in [0.29, 0.717) is 0 Å². The van der Waals surface area contributed by atoms with Crippen molar-refractivity contribution < 1.29 is 14.0 Å². The fraction of sp³-hybridized carbons (Fsp3) is 0.429. The first-order chi connectivity index (χ1) is 8.82. The average molecular weight is 264 g/mol. The molecule has 5 heteroatoms. The van der Waals surface area contributed by atoms with Crippen molar-refractivity contribution in [2.45, 2.75) is 32.9 Å². The quantitative estimate of drug-likeness (QED) is 0.877. The van der Waals surface area contributed by atoms with Gasteiger partial charge in [-0.15, -0.1) is 0 Å². The summed E-state index contributed by atoms with van der Waals surface area (Å²) in [5.74, 6) is -0.693. The molecule has 0 bridgehead atoms. The maximum atomic E-state index is 13.3. The zero-order valence-electron chi connectivity index (χ0n) is 11.3. The summed E-state index contributed by atoms with van der Waals surface area (Å²) in [6.07, 6.45) is 0. The van der Waals surface area contributed by atoms with E-state index in [1.165, 1.54) is 17.0 Å². The molecular formula is C14H17FN2O2. The van der Waals surface area contributed by atoms with Crippen LogP contribution in [-0.4, -0.2) is 28.8 Å². The van der Waals surface area contributed by atoms with Crippen LogP contribution in [0.2, 0.25) is 0 Å². The lowest BCUT2D eigenvalue weighted by Crippen LogP contribution is -2.63. The van der Waals surface area contributed by atoms with Crippen LogP contribution < -0.4 is 5.32 Å². The molecule has 0 aromatic heterocycles. The molecule has 0 radical (unpaired) electrons. The highest BCUT2D eigenvalue weighted by Gasteiger charge is 2.41. The third-order valence-corrected chi connectivity index (χ3v) is 3.57. The van der Waals surface area contributed by atoms with E-state index in [0.717, 1.165) is 11.1 Å². The second kappa shape index (κ2) is 4.64. The van der Waals surface area contributed by atoms with E-state index in [4.69, 9.17) is 0 Å². The van der Waals surface area contributed by atoms with Gasteiger partial charge in [0.1, 0.15) is 11.4 Å². The zero-order chi connectivity index (χ0) is 14.2. The number of carbonyl (C=O) groups is 2. The molecule has 1 aromatic carbocycles. The molecule has 1 aromatic rings. The van der Waals surface area contributed by atoms with Gasteiger partial charge in [0.25, 0.3) is 0 Å². The number of nitrogens with one attached hydrogen (secondary N) is 1. The largest absolute Gasteiger partial charge is 0.345 e. The molecule has 4 nitrogen and oxygen atoms in total. The summed E-state index contributed by atoms with van der Waals surface area (Å²) in [5.41, 5.74) is 0.695. The number of carbonyl (C=O) groups excluding carboxylic acids is 2. The van der Waals surface area contributed by atoms with Gasteiger partial charge in [-0.25, -0.2) is 4.39 Å². The van der Waals surface area contributed by atoms with Gasteiger partial charge in [-0.1, -0.05) is 6.07 Å². The van der Waals surface area contributed by atoms with E-state index < -0.39 is 5.54 Å². The molecule has 2 rings (SSSR count). The molecule has 0 saturated carbocycles. The molecular weight excluding hydrogens is 247 g/mol. The normalized spacial score (nSPS) is 18.4. The zero-order valence-corrected chi connectivity index (χ0v) is 11.3. The first-order valence-electron chi connectivity index (χ1n) is 6.16. The van der Waals surface area contributed by atoms with Crippen molar-refractivity contribution in [1.29, 1.82) is 0 Å². The van der Waals surface area contributed by atoms with Crippen LogP contribution in [0, 0.1) is 12.7 Å². The minimum absolute atomic E-state index is 0.00335. The molecule has 102 valence electrons. The highest BCUT2D eigenvalue weighted by Crippen LogP contribution is 2.23. The van der Waals surface area contributed by atoms with Gasteiger partial charge < -0.3 is 10.2 Å². The first-order valence-corrected chi connectivity index (χ1v) is 6.16. The van der Waals surface area contributed by atoms with E-state index in [2.05, 4.69) is 5.32 Å². The van der Waals surface area contributed by atoms with Crippen LogP contribution in [-0.2, 0) is 16.1 Å². The van der Waals surface area contributed by atoms with E-state index in [1.54, 1.807) is 19.9 Å². The molecule has 0 unspecified atom stereocenters. The van der Waals surface area contributed by atoms with Crippen molar-refractivity contribution in [3.8, 4) is 0 Å². The van der Waals surface area contributed by atoms with Crippen LogP contribution in [0.25, 0.3) is 0 Å². The van der Waals surface area contributed by atoms with E-state index >= 15 is 0 Å². The molecule has 1 heterocycles.